The third-order valence-electron chi connectivity index (χ3n) is 3.33. The van der Waals surface area contributed by atoms with E-state index in [4.69, 9.17) is 18.9 Å². The predicted molar refractivity (Wildman–Crippen MR) is 91.4 cm³/mol. The Labute approximate surface area is 141 Å². The van der Waals surface area contributed by atoms with Crippen molar-refractivity contribution in [3.8, 4) is 23.0 Å². The Bertz CT molecular complexity index is 672. The van der Waals surface area contributed by atoms with Gasteiger partial charge < -0.3 is 24.3 Å². The van der Waals surface area contributed by atoms with Crippen LogP contribution >= 0.6 is 0 Å². The molecular weight excluding hydrogens is 310 g/mol. The van der Waals surface area contributed by atoms with Crippen LogP contribution in [0.25, 0.3) is 0 Å². The molecule has 0 fully saturated rings. The average molecular weight is 331 g/mol. The van der Waals surface area contributed by atoms with Gasteiger partial charge in [-0.1, -0.05) is 0 Å². The molecule has 0 atom stereocenters. The van der Waals surface area contributed by atoms with Gasteiger partial charge in [-0.05, 0) is 48.9 Å². The van der Waals surface area contributed by atoms with Crippen LogP contribution in [0.15, 0.2) is 36.4 Å². The van der Waals surface area contributed by atoms with Crippen LogP contribution in [0.4, 0.5) is 5.69 Å². The normalized spacial score (nSPS) is 10.0. The Morgan fingerprint density at radius 1 is 0.958 bits per heavy atom. The van der Waals surface area contributed by atoms with E-state index >= 15 is 0 Å². The predicted octanol–water partition coefficient (Wildman–Crippen LogP) is 3.04. The third-order valence-corrected chi connectivity index (χ3v) is 3.33. The highest BCUT2D eigenvalue weighted by molar-refractivity contribution is 5.92. The van der Waals surface area contributed by atoms with Crippen molar-refractivity contribution >= 4 is 11.6 Å². The van der Waals surface area contributed by atoms with E-state index in [2.05, 4.69) is 5.32 Å². The Morgan fingerprint density at radius 3 is 2.04 bits per heavy atom. The number of hydrogen-bond donors (Lipinski definition) is 1. The van der Waals surface area contributed by atoms with E-state index < -0.39 is 0 Å². The number of nitrogens with one attached hydrogen (secondary N) is 1. The van der Waals surface area contributed by atoms with Gasteiger partial charge in [-0.25, -0.2) is 0 Å². The Morgan fingerprint density at radius 2 is 1.54 bits per heavy atom. The van der Waals surface area contributed by atoms with E-state index in [9.17, 15) is 4.79 Å². The number of anilines is 1. The minimum absolute atomic E-state index is 0.165. The Balaban J connectivity index is 2.03. The summed E-state index contributed by atoms with van der Waals surface area (Å²) in [7, 11) is 4.67. The quantitative estimate of drug-likeness (QED) is 0.845. The summed E-state index contributed by atoms with van der Waals surface area (Å²) in [6.45, 7) is 1.76. The van der Waals surface area contributed by atoms with E-state index in [0.717, 1.165) is 11.3 Å². The molecule has 128 valence electrons. The molecule has 6 heteroatoms. The van der Waals surface area contributed by atoms with Crippen molar-refractivity contribution in [2.75, 3.05) is 33.3 Å². The molecule has 0 aromatic heterocycles. The zero-order valence-electron chi connectivity index (χ0n) is 14.2. The molecule has 6 nitrogen and oxygen atoms in total. The number of amides is 1. The SMILES string of the molecule is COc1ccc(NC(=O)COc2c(OC)cc(C)cc2OC)cc1. The summed E-state index contributed by atoms with van der Waals surface area (Å²) < 4.78 is 21.3. The first-order chi connectivity index (χ1) is 11.6. The molecule has 0 radical (unpaired) electrons. The summed E-state index contributed by atoms with van der Waals surface area (Å²) >= 11 is 0. The fraction of sp³-hybridized carbons (Fsp3) is 0.278. The molecule has 0 aliphatic rings. The second-order valence-electron chi connectivity index (χ2n) is 5.06. The maximum absolute atomic E-state index is 12.1. The zero-order chi connectivity index (χ0) is 17.5. The number of benzene rings is 2. The monoisotopic (exact) mass is 331 g/mol. The smallest absolute Gasteiger partial charge is 0.262 e. The molecule has 2 aromatic rings. The lowest BCUT2D eigenvalue weighted by Gasteiger charge is -2.15. The van der Waals surface area contributed by atoms with E-state index in [1.807, 2.05) is 19.1 Å². The Hall–Kier alpha value is -2.89. The molecule has 0 bridgehead atoms. The summed E-state index contributed by atoms with van der Waals surface area (Å²) in [5.74, 6) is 1.87. The fourth-order valence-electron chi connectivity index (χ4n) is 2.16. The van der Waals surface area contributed by atoms with Gasteiger partial charge in [-0.2, -0.15) is 0 Å². The molecule has 0 saturated heterocycles. The fourth-order valence-corrected chi connectivity index (χ4v) is 2.16. The number of carbonyl (C=O) groups is 1. The van der Waals surface area contributed by atoms with Gasteiger partial charge in [0, 0.05) is 5.69 Å². The topological polar surface area (TPSA) is 66.0 Å². The average Bonchev–Trinajstić information content (AvgIpc) is 2.60. The first-order valence-electron chi connectivity index (χ1n) is 7.36. The number of methoxy groups -OCH3 is 3. The molecular formula is C18H21NO5. The highest BCUT2D eigenvalue weighted by Gasteiger charge is 2.14. The minimum Gasteiger partial charge on any atom is -0.497 e. The Kier molecular flexibility index (Phi) is 5.89. The van der Waals surface area contributed by atoms with Crippen LogP contribution in [0.3, 0.4) is 0 Å². The maximum Gasteiger partial charge on any atom is 0.262 e. The van der Waals surface area contributed by atoms with Crippen LogP contribution in [0.1, 0.15) is 5.56 Å². The summed E-state index contributed by atoms with van der Waals surface area (Å²) in [6, 6.07) is 10.7. The van der Waals surface area contributed by atoms with Crippen molar-refractivity contribution in [3.05, 3.63) is 42.0 Å². The van der Waals surface area contributed by atoms with Gasteiger partial charge in [0.2, 0.25) is 5.75 Å². The molecule has 24 heavy (non-hydrogen) atoms. The van der Waals surface area contributed by atoms with Crippen LogP contribution in [0, 0.1) is 6.92 Å². The van der Waals surface area contributed by atoms with Crippen LogP contribution in [0.5, 0.6) is 23.0 Å². The van der Waals surface area contributed by atoms with Gasteiger partial charge in [0.1, 0.15) is 5.75 Å². The number of hydrogen-bond acceptors (Lipinski definition) is 5. The number of carbonyl (C=O) groups excluding carboxylic acids is 1. The van der Waals surface area contributed by atoms with Gasteiger partial charge >= 0.3 is 0 Å². The van der Waals surface area contributed by atoms with Crippen LogP contribution in [-0.2, 0) is 4.79 Å². The highest BCUT2D eigenvalue weighted by atomic mass is 16.5. The first kappa shape index (κ1) is 17.5. The second-order valence-corrected chi connectivity index (χ2v) is 5.06. The van der Waals surface area contributed by atoms with Crippen molar-refractivity contribution in [3.63, 3.8) is 0 Å². The number of rotatable bonds is 7. The van der Waals surface area contributed by atoms with Crippen LogP contribution < -0.4 is 24.3 Å². The van der Waals surface area contributed by atoms with Gasteiger partial charge in [0.05, 0.1) is 21.3 Å². The van der Waals surface area contributed by atoms with E-state index in [0.29, 0.717) is 22.9 Å². The number of ether oxygens (including phenoxy) is 4. The van der Waals surface area contributed by atoms with Crippen molar-refractivity contribution in [1.82, 2.24) is 0 Å². The largest absolute Gasteiger partial charge is 0.497 e. The standard InChI is InChI=1S/C18H21NO5/c1-12-9-15(22-3)18(16(10-12)23-4)24-11-17(20)19-13-5-7-14(21-2)8-6-13/h5-10H,11H2,1-4H3,(H,19,20). The summed E-state index contributed by atoms with van der Waals surface area (Å²) in [4.78, 5) is 12.1. The molecule has 1 amide bonds. The van der Waals surface area contributed by atoms with Gasteiger partial charge in [-0.3, -0.25) is 4.79 Å². The zero-order valence-corrected chi connectivity index (χ0v) is 14.2. The lowest BCUT2D eigenvalue weighted by atomic mass is 10.2. The van der Waals surface area contributed by atoms with Crippen molar-refractivity contribution in [2.24, 2.45) is 0 Å². The highest BCUT2D eigenvalue weighted by Crippen LogP contribution is 2.38. The van der Waals surface area contributed by atoms with Crippen molar-refractivity contribution in [2.45, 2.75) is 6.92 Å². The molecule has 0 unspecified atom stereocenters. The molecule has 0 aliphatic carbocycles. The molecule has 2 aromatic carbocycles. The summed E-state index contributed by atoms with van der Waals surface area (Å²) in [5, 5.41) is 2.75. The molecule has 0 aliphatic heterocycles. The van der Waals surface area contributed by atoms with Crippen LogP contribution in [0.2, 0.25) is 0 Å². The van der Waals surface area contributed by atoms with E-state index in [1.54, 1.807) is 45.6 Å². The lowest BCUT2D eigenvalue weighted by molar-refractivity contribution is -0.118. The van der Waals surface area contributed by atoms with Crippen molar-refractivity contribution in [1.29, 1.82) is 0 Å². The molecule has 0 spiro atoms. The molecule has 0 heterocycles. The molecule has 2 rings (SSSR count). The molecule has 0 saturated carbocycles. The minimum atomic E-state index is -0.287. The summed E-state index contributed by atoms with van der Waals surface area (Å²) in [6.07, 6.45) is 0. The summed E-state index contributed by atoms with van der Waals surface area (Å²) in [5.41, 5.74) is 1.63. The molecule has 1 N–H and O–H groups in total. The number of aryl methyl sites for hydroxylation is 1. The van der Waals surface area contributed by atoms with Gasteiger partial charge in [-0.15, -0.1) is 0 Å². The van der Waals surface area contributed by atoms with Crippen LogP contribution in [-0.4, -0.2) is 33.8 Å². The van der Waals surface area contributed by atoms with Gasteiger partial charge in [0.25, 0.3) is 5.91 Å². The second kappa shape index (κ2) is 8.10. The van der Waals surface area contributed by atoms with E-state index in [1.165, 1.54) is 0 Å². The maximum atomic E-state index is 12.1. The first-order valence-corrected chi connectivity index (χ1v) is 7.36. The van der Waals surface area contributed by atoms with Crippen molar-refractivity contribution < 1.29 is 23.7 Å². The lowest BCUT2D eigenvalue weighted by Crippen LogP contribution is -2.20. The third kappa shape index (κ3) is 4.32. The van der Waals surface area contributed by atoms with Gasteiger partial charge in [0.15, 0.2) is 18.1 Å². The van der Waals surface area contributed by atoms with E-state index in [-0.39, 0.29) is 12.5 Å².